The molecular weight excluding hydrogens is 196 g/mol. The molecule has 1 aliphatic rings. The number of carbonyl (C=O) groups is 1. The lowest BCUT2D eigenvalue weighted by Gasteiger charge is -2.26. The molecule has 0 amide bonds. The molecule has 1 nitrogen and oxygen atoms in total. The van der Waals surface area contributed by atoms with Crippen molar-refractivity contribution < 1.29 is 4.79 Å². The van der Waals surface area contributed by atoms with Crippen LogP contribution in [0.3, 0.4) is 0 Å². The Labute approximate surface area is 100 Å². The number of rotatable bonds is 6. The number of hydrogen-bond donors (Lipinski definition) is 0. The van der Waals surface area contributed by atoms with Gasteiger partial charge in [-0.25, -0.2) is 0 Å². The van der Waals surface area contributed by atoms with Crippen molar-refractivity contribution in [1.29, 1.82) is 0 Å². The van der Waals surface area contributed by atoms with Gasteiger partial charge in [-0.05, 0) is 39.5 Å². The molecule has 1 saturated carbocycles. The van der Waals surface area contributed by atoms with Gasteiger partial charge in [-0.15, -0.1) is 0 Å². The Morgan fingerprint density at radius 2 is 1.88 bits per heavy atom. The average molecular weight is 222 g/mol. The van der Waals surface area contributed by atoms with E-state index in [0.29, 0.717) is 5.78 Å². The lowest BCUT2D eigenvalue weighted by atomic mass is 9.76. The highest BCUT2D eigenvalue weighted by Gasteiger charge is 2.38. The third kappa shape index (κ3) is 3.47. The zero-order valence-corrected chi connectivity index (χ0v) is 11.1. The molecule has 0 aliphatic heterocycles. The minimum Gasteiger partial charge on any atom is -0.299 e. The van der Waals surface area contributed by atoms with Gasteiger partial charge in [-0.1, -0.05) is 37.8 Å². The molecule has 0 aromatic rings. The third-order valence-electron chi connectivity index (χ3n) is 3.81. The van der Waals surface area contributed by atoms with Gasteiger partial charge in [-0.2, -0.15) is 0 Å². The molecule has 0 radical (unpaired) electrons. The first-order valence-corrected chi connectivity index (χ1v) is 6.77. The topological polar surface area (TPSA) is 17.1 Å². The van der Waals surface area contributed by atoms with E-state index in [4.69, 9.17) is 0 Å². The molecule has 0 saturated heterocycles. The maximum Gasteiger partial charge on any atom is 0.139 e. The van der Waals surface area contributed by atoms with E-state index in [1.165, 1.54) is 18.4 Å². The zero-order valence-electron chi connectivity index (χ0n) is 11.1. The normalized spacial score (nSPS) is 18.4. The standard InChI is InChI=1S/C15H26O/c1-4-5-8-14(16)15(10-6-7-11-15)12-9-13(2)3/h9H,4-8,10-12H2,1-3H3. The summed E-state index contributed by atoms with van der Waals surface area (Å²) in [7, 11) is 0. The van der Waals surface area contributed by atoms with Crippen LogP contribution in [-0.4, -0.2) is 5.78 Å². The van der Waals surface area contributed by atoms with Gasteiger partial charge in [0.15, 0.2) is 0 Å². The molecule has 0 aromatic heterocycles. The molecule has 92 valence electrons. The van der Waals surface area contributed by atoms with Gasteiger partial charge in [0.2, 0.25) is 0 Å². The first kappa shape index (κ1) is 13.5. The molecule has 0 bridgehead atoms. The van der Waals surface area contributed by atoms with Crippen molar-refractivity contribution in [3.05, 3.63) is 11.6 Å². The van der Waals surface area contributed by atoms with Crippen LogP contribution in [0.25, 0.3) is 0 Å². The summed E-state index contributed by atoms with van der Waals surface area (Å²) in [6.45, 7) is 6.41. The minimum absolute atomic E-state index is 0.0203. The zero-order chi connectivity index (χ0) is 12.0. The summed E-state index contributed by atoms with van der Waals surface area (Å²) in [5.41, 5.74) is 1.36. The van der Waals surface area contributed by atoms with E-state index in [-0.39, 0.29) is 5.41 Å². The van der Waals surface area contributed by atoms with Crippen LogP contribution < -0.4 is 0 Å². The lowest BCUT2D eigenvalue weighted by molar-refractivity contribution is -0.128. The molecule has 1 rings (SSSR count). The van der Waals surface area contributed by atoms with Crippen LogP contribution in [0.4, 0.5) is 0 Å². The summed E-state index contributed by atoms with van der Waals surface area (Å²) < 4.78 is 0. The summed E-state index contributed by atoms with van der Waals surface area (Å²) in [6, 6.07) is 0. The van der Waals surface area contributed by atoms with Crippen molar-refractivity contribution in [2.24, 2.45) is 5.41 Å². The predicted molar refractivity (Wildman–Crippen MR) is 69.5 cm³/mol. The van der Waals surface area contributed by atoms with E-state index in [2.05, 4.69) is 26.8 Å². The fourth-order valence-electron chi connectivity index (χ4n) is 2.65. The second-order valence-electron chi connectivity index (χ2n) is 5.50. The van der Waals surface area contributed by atoms with Crippen LogP contribution in [0, 0.1) is 5.41 Å². The minimum atomic E-state index is 0.0203. The monoisotopic (exact) mass is 222 g/mol. The number of hydrogen-bond acceptors (Lipinski definition) is 1. The Morgan fingerprint density at radius 3 is 2.38 bits per heavy atom. The Balaban J connectivity index is 2.64. The molecule has 0 spiro atoms. The van der Waals surface area contributed by atoms with Crippen molar-refractivity contribution in [3.8, 4) is 0 Å². The van der Waals surface area contributed by atoms with E-state index in [1.54, 1.807) is 0 Å². The number of ketones is 1. The van der Waals surface area contributed by atoms with Crippen molar-refractivity contribution in [2.75, 3.05) is 0 Å². The fraction of sp³-hybridized carbons (Fsp3) is 0.800. The van der Waals surface area contributed by atoms with Crippen molar-refractivity contribution in [1.82, 2.24) is 0 Å². The molecule has 0 heterocycles. The van der Waals surface area contributed by atoms with E-state index in [1.807, 2.05) is 0 Å². The number of allylic oxidation sites excluding steroid dienone is 2. The van der Waals surface area contributed by atoms with Gasteiger partial charge in [-0.3, -0.25) is 4.79 Å². The maximum absolute atomic E-state index is 12.3. The fourth-order valence-corrected chi connectivity index (χ4v) is 2.65. The molecule has 16 heavy (non-hydrogen) atoms. The van der Waals surface area contributed by atoms with E-state index in [9.17, 15) is 4.79 Å². The first-order chi connectivity index (χ1) is 7.60. The molecule has 0 atom stereocenters. The maximum atomic E-state index is 12.3. The molecule has 1 aliphatic carbocycles. The van der Waals surface area contributed by atoms with Gasteiger partial charge in [0.05, 0.1) is 0 Å². The van der Waals surface area contributed by atoms with E-state index >= 15 is 0 Å². The average Bonchev–Trinajstić information content (AvgIpc) is 2.73. The SMILES string of the molecule is CCCCC(=O)C1(CC=C(C)C)CCCC1. The highest BCUT2D eigenvalue weighted by Crippen LogP contribution is 2.43. The second kappa shape index (κ2) is 6.22. The van der Waals surface area contributed by atoms with E-state index < -0.39 is 0 Å². The Hall–Kier alpha value is -0.590. The number of carbonyl (C=O) groups excluding carboxylic acids is 1. The van der Waals surface area contributed by atoms with Gasteiger partial charge < -0.3 is 0 Å². The Morgan fingerprint density at radius 1 is 1.25 bits per heavy atom. The molecule has 1 fully saturated rings. The summed E-state index contributed by atoms with van der Waals surface area (Å²) in [6.07, 6.45) is 11.0. The van der Waals surface area contributed by atoms with Crippen LogP contribution in [-0.2, 0) is 4.79 Å². The van der Waals surface area contributed by atoms with Gasteiger partial charge in [0, 0.05) is 11.8 Å². The summed E-state index contributed by atoms with van der Waals surface area (Å²) in [4.78, 5) is 12.3. The summed E-state index contributed by atoms with van der Waals surface area (Å²) >= 11 is 0. The largest absolute Gasteiger partial charge is 0.299 e. The second-order valence-corrected chi connectivity index (χ2v) is 5.50. The number of Topliss-reactive ketones (excluding diaryl/α,β-unsaturated/α-hetero) is 1. The van der Waals surface area contributed by atoms with Gasteiger partial charge >= 0.3 is 0 Å². The highest BCUT2D eigenvalue weighted by atomic mass is 16.1. The molecular formula is C15H26O. The highest BCUT2D eigenvalue weighted by molar-refractivity contribution is 5.85. The van der Waals surface area contributed by atoms with Gasteiger partial charge in [0.1, 0.15) is 5.78 Å². The van der Waals surface area contributed by atoms with Crippen molar-refractivity contribution in [2.45, 2.75) is 72.1 Å². The molecule has 1 heteroatoms. The number of unbranched alkanes of at least 4 members (excludes halogenated alkanes) is 1. The summed E-state index contributed by atoms with van der Waals surface area (Å²) in [5, 5.41) is 0. The quantitative estimate of drug-likeness (QED) is 0.597. The molecule has 0 unspecified atom stereocenters. The van der Waals surface area contributed by atoms with Gasteiger partial charge in [0.25, 0.3) is 0 Å². The van der Waals surface area contributed by atoms with Crippen molar-refractivity contribution >= 4 is 5.78 Å². The molecule has 0 aromatic carbocycles. The van der Waals surface area contributed by atoms with Crippen LogP contribution in [0.15, 0.2) is 11.6 Å². The first-order valence-electron chi connectivity index (χ1n) is 6.77. The smallest absolute Gasteiger partial charge is 0.139 e. The summed E-state index contributed by atoms with van der Waals surface area (Å²) in [5.74, 6) is 0.532. The van der Waals surface area contributed by atoms with Crippen LogP contribution in [0.5, 0.6) is 0 Å². The Bertz CT molecular complexity index is 253. The Kier molecular flexibility index (Phi) is 5.24. The van der Waals surface area contributed by atoms with Crippen LogP contribution in [0.2, 0.25) is 0 Å². The molecule has 0 N–H and O–H groups in total. The van der Waals surface area contributed by atoms with E-state index in [0.717, 1.165) is 38.5 Å². The van der Waals surface area contributed by atoms with Crippen LogP contribution >= 0.6 is 0 Å². The van der Waals surface area contributed by atoms with Crippen LogP contribution in [0.1, 0.15) is 72.1 Å². The lowest BCUT2D eigenvalue weighted by Crippen LogP contribution is -2.27. The van der Waals surface area contributed by atoms with Crippen molar-refractivity contribution in [3.63, 3.8) is 0 Å². The predicted octanol–water partition coefficient (Wildman–Crippen LogP) is 4.66. The third-order valence-corrected chi connectivity index (χ3v) is 3.81.